The van der Waals surface area contributed by atoms with Gasteiger partial charge in [-0.2, -0.15) is 13.2 Å². The lowest BCUT2D eigenvalue weighted by molar-refractivity contribution is -0.174. The minimum atomic E-state index is -4.43. The molecule has 0 radical (unpaired) electrons. The molecule has 0 saturated heterocycles. The van der Waals surface area contributed by atoms with Gasteiger partial charge in [-0.3, -0.25) is 4.79 Å². The largest absolute Gasteiger partial charge is 0.411 e. The second kappa shape index (κ2) is 6.71. The maximum atomic E-state index is 11.8. The summed E-state index contributed by atoms with van der Waals surface area (Å²) in [4.78, 5) is 11.3. The van der Waals surface area contributed by atoms with Crippen LogP contribution in [0, 0.1) is 3.57 Å². The third-order valence-electron chi connectivity index (χ3n) is 1.70. The Morgan fingerprint density at radius 3 is 2.72 bits per heavy atom. The molecule has 0 saturated carbocycles. The van der Waals surface area contributed by atoms with Gasteiger partial charge in [-0.15, -0.1) is 0 Å². The first kappa shape index (κ1) is 15.7. The summed E-state index contributed by atoms with van der Waals surface area (Å²) in [6.45, 7) is -2.07. The topological polar surface area (TPSA) is 38.3 Å². The highest BCUT2D eigenvalue weighted by atomic mass is 127. The van der Waals surface area contributed by atoms with Gasteiger partial charge in [-0.1, -0.05) is 15.9 Å². The van der Waals surface area contributed by atoms with Gasteiger partial charge in [0.05, 0.1) is 5.69 Å². The number of alkyl halides is 3. The molecule has 1 N–H and O–H groups in total. The Balaban J connectivity index is 2.47. The van der Waals surface area contributed by atoms with E-state index in [9.17, 15) is 18.0 Å². The minimum absolute atomic E-state index is 0.519. The van der Waals surface area contributed by atoms with Crippen molar-refractivity contribution in [3.05, 3.63) is 26.2 Å². The summed E-state index contributed by atoms with van der Waals surface area (Å²) >= 11 is 5.23. The average Bonchev–Trinajstić information content (AvgIpc) is 2.21. The zero-order chi connectivity index (χ0) is 13.8. The van der Waals surface area contributed by atoms with E-state index in [2.05, 4.69) is 26.0 Å². The van der Waals surface area contributed by atoms with E-state index < -0.39 is 25.3 Å². The van der Waals surface area contributed by atoms with Crippen LogP contribution in [0.4, 0.5) is 18.9 Å². The predicted molar refractivity (Wildman–Crippen MR) is 72.4 cm³/mol. The van der Waals surface area contributed by atoms with Gasteiger partial charge in [-0.05, 0) is 40.8 Å². The molecule has 0 aliphatic rings. The van der Waals surface area contributed by atoms with Crippen molar-refractivity contribution >= 4 is 50.1 Å². The van der Waals surface area contributed by atoms with Gasteiger partial charge < -0.3 is 10.1 Å². The van der Waals surface area contributed by atoms with Gasteiger partial charge in [0.1, 0.15) is 13.2 Å². The lowest BCUT2D eigenvalue weighted by atomic mass is 10.3. The van der Waals surface area contributed by atoms with Crippen LogP contribution in [0.1, 0.15) is 0 Å². The van der Waals surface area contributed by atoms with E-state index in [1.165, 1.54) is 0 Å². The average molecular weight is 438 g/mol. The number of benzene rings is 1. The SMILES string of the molecule is O=C(COCC(F)(F)F)Nc1cc(Br)ccc1I. The molecule has 0 spiro atoms. The molecule has 18 heavy (non-hydrogen) atoms. The van der Waals surface area contributed by atoms with Gasteiger partial charge >= 0.3 is 6.18 Å². The van der Waals surface area contributed by atoms with Gasteiger partial charge in [0.15, 0.2) is 0 Å². The smallest absolute Gasteiger partial charge is 0.362 e. The van der Waals surface area contributed by atoms with E-state index in [1.807, 2.05) is 22.6 Å². The lowest BCUT2D eigenvalue weighted by Crippen LogP contribution is -2.24. The predicted octanol–water partition coefficient (Wildman–Crippen LogP) is 3.57. The van der Waals surface area contributed by atoms with Crippen molar-refractivity contribution in [2.75, 3.05) is 18.5 Å². The molecule has 1 aromatic carbocycles. The summed E-state index contributed by atoms with van der Waals surface area (Å²) in [5.41, 5.74) is 0.519. The Morgan fingerprint density at radius 2 is 2.11 bits per heavy atom. The number of anilines is 1. The Bertz CT molecular complexity index is 440. The molecule has 0 atom stereocenters. The van der Waals surface area contributed by atoms with Crippen LogP contribution in [-0.4, -0.2) is 25.3 Å². The first-order valence-corrected chi connectivity index (χ1v) is 6.54. The van der Waals surface area contributed by atoms with E-state index >= 15 is 0 Å². The summed E-state index contributed by atoms with van der Waals surface area (Å²) in [5, 5.41) is 2.47. The Hall–Kier alpha value is -0.350. The number of nitrogens with one attached hydrogen (secondary N) is 1. The normalized spacial score (nSPS) is 11.4. The molecule has 0 heterocycles. The molecule has 0 bridgehead atoms. The van der Waals surface area contributed by atoms with Gasteiger partial charge in [0.2, 0.25) is 5.91 Å². The Morgan fingerprint density at radius 1 is 1.44 bits per heavy atom. The van der Waals surface area contributed by atoms with Gasteiger partial charge in [-0.25, -0.2) is 0 Å². The molecule has 3 nitrogen and oxygen atoms in total. The van der Waals surface area contributed by atoms with Crippen molar-refractivity contribution in [3.8, 4) is 0 Å². The van der Waals surface area contributed by atoms with Crippen LogP contribution in [0.2, 0.25) is 0 Å². The lowest BCUT2D eigenvalue weighted by Gasteiger charge is -2.09. The van der Waals surface area contributed by atoms with E-state index in [1.54, 1.807) is 18.2 Å². The third-order valence-corrected chi connectivity index (χ3v) is 3.14. The molecule has 100 valence electrons. The van der Waals surface area contributed by atoms with E-state index in [4.69, 9.17) is 0 Å². The standard InChI is InChI=1S/C10H8BrF3INO2/c11-6-1-2-7(15)8(3-6)16-9(17)4-18-5-10(12,13)14/h1-3H,4-5H2,(H,16,17). The Kier molecular flexibility index (Phi) is 5.86. The highest BCUT2D eigenvalue weighted by molar-refractivity contribution is 14.1. The van der Waals surface area contributed by atoms with Gasteiger partial charge in [0, 0.05) is 8.04 Å². The van der Waals surface area contributed by atoms with Crippen molar-refractivity contribution < 1.29 is 22.7 Å². The zero-order valence-corrected chi connectivity index (χ0v) is 12.6. The van der Waals surface area contributed by atoms with Crippen molar-refractivity contribution in [1.82, 2.24) is 0 Å². The van der Waals surface area contributed by atoms with E-state index in [0.29, 0.717) is 5.69 Å². The van der Waals surface area contributed by atoms with Crippen molar-refractivity contribution in [2.45, 2.75) is 6.18 Å². The number of carbonyl (C=O) groups excluding carboxylic acids is 1. The fourth-order valence-corrected chi connectivity index (χ4v) is 1.87. The number of amides is 1. The number of ether oxygens (including phenoxy) is 1. The number of halogens is 5. The van der Waals surface area contributed by atoms with E-state index in [-0.39, 0.29) is 0 Å². The fraction of sp³-hybridized carbons (Fsp3) is 0.300. The molecule has 0 aliphatic carbocycles. The molecule has 1 amide bonds. The van der Waals surface area contributed by atoms with Crippen LogP contribution >= 0.6 is 38.5 Å². The first-order valence-electron chi connectivity index (χ1n) is 4.67. The molecular weight excluding hydrogens is 430 g/mol. The highest BCUT2D eigenvalue weighted by Gasteiger charge is 2.27. The number of rotatable bonds is 4. The van der Waals surface area contributed by atoms with Crippen molar-refractivity contribution in [2.24, 2.45) is 0 Å². The van der Waals surface area contributed by atoms with Crippen molar-refractivity contribution in [1.29, 1.82) is 0 Å². The summed E-state index contributed by atoms with van der Waals surface area (Å²) in [6, 6.07) is 5.21. The fourth-order valence-electron chi connectivity index (χ4n) is 1.04. The summed E-state index contributed by atoms with van der Waals surface area (Å²) in [7, 11) is 0. The number of hydrogen-bond acceptors (Lipinski definition) is 2. The maximum absolute atomic E-state index is 11.8. The second-order valence-electron chi connectivity index (χ2n) is 3.28. The molecular formula is C10H8BrF3INO2. The second-order valence-corrected chi connectivity index (χ2v) is 5.36. The molecule has 1 aromatic rings. The molecule has 0 aliphatic heterocycles. The molecule has 0 fully saturated rings. The van der Waals surface area contributed by atoms with Gasteiger partial charge in [0.25, 0.3) is 0 Å². The third kappa shape index (κ3) is 6.01. The van der Waals surface area contributed by atoms with Crippen LogP contribution in [0.3, 0.4) is 0 Å². The van der Waals surface area contributed by atoms with Crippen LogP contribution in [0.15, 0.2) is 22.7 Å². The highest BCUT2D eigenvalue weighted by Crippen LogP contribution is 2.22. The summed E-state index contributed by atoms with van der Waals surface area (Å²) < 4.78 is 41.1. The summed E-state index contributed by atoms with van der Waals surface area (Å²) in [5.74, 6) is -0.629. The number of carbonyl (C=O) groups is 1. The Labute approximate surface area is 123 Å². The van der Waals surface area contributed by atoms with E-state index in [0.717, 1.165) is 8.04 Å². The monoisotopic (exact) mass is 437 g/mol. The number of hydrogen-bond donors (Lipinski definition) is 1. The van der Waals surface area contributed by atoms with Crippen LogP contribution in [-0.2, 0) is 9.53 Å². The molecule has 8 heteroatoms. The quantitative estimate of drug-likeness (QED) is 0.731. The minimum Gasteiger partial charge on any atom is -0.362 e. The molecule has 0 aromatic heterocycles. The summed E-state index contributed by atoms with van der Waals surface area (Å²) in [6.07, 6.45) is -4.43. The molecule has 0 unspecified atom stereocenters. The van der Waals surface area contributed by atoms with Crippen LogP contribution in [0.5, 0.6) is 0 Å². The van der Waals surface area contributed by atoms with Crippen LogP contribution in [0.25, 0.3) is 0 Å². The molecule has 1 rings (SSSR count). The first-order chi connectivity index (χ1) is 8.28. The zero-order valence-electron chi connectivity index (χ0n) is 8.85. The van der Waals surface area contributed by atoms with Crippen LogP contribution < -0.4 is 5.32 Å². The van der Waals surface area contributed by atoms with Crippen molar-refractivity contribution in [3.63, 3.8) is 0 Å². The maximum Gasteiger partial charge on any atom is 0.411 e.